The minimum absolute atomic E-state index is 0.249. The van der Waals surface area contributed by atoms with Crippen molar-refractivity contribution in [2.45, 2.75) is 43.3 Å². The summed E-state index contributed by atoms with van der Waals surface area (Å²) in [5, 5.41) is 1.48. The Labute approximate surface area is 175 Å². The van der Waals surface area contributed by atoms with Gasteiger partial charge >= 0.3 is 0 Å². The van der Waals surface area contributed by atoms with E-state index in [1.807, 2.05) is 49.7 Å². The van der Waals surface area contributed by atoms with E-state index < -0.39 is 11.1 Å². The monoisotopic (exact) mass is 412 g/mol. The van der Waals surface area contributed by atoms with E-state index in [1.165, 1.54) is 23.9 Å². The summed E-state index contributed by atoms with van der Waals surface area (Å²) >= 11 is 1.47. The number of hydrogen-bond acceptors (Lipinski definition) is 2. The number of rotatable bonds is 7. The van der Waals surface area contributed by atoms with Gasteiger partial charge in [0.05, 0.1) is 22.3 Å². The lowest BCUT2D eigenvalue weighted by molar-refractivity contribution is 0.658. The van der Waals surface area contributed by atoms with Gasteiger partial charge in [-0.1, -0.05) is 42.8 Å². The molecule has 0 radical (unpaired) electrons. The molecule has 1 unspecified atom stereocenters. The molecule has 0 aliphatic heterocycles. The summed E-state index contributed by atoms with van der Waals surface area (Å²) in [7, 11) is 1.94. The summed E-state index contributed by atoms with van der Waals surface area (Å²) in [6.07, 6.45) is 11.7. The lowest BCUT2D eigenvalue weighted by Crippen LogP contribution is -2.30. The highest BCUT2D eigenvalue weighted by atomic mass is 32.2. The normalized spacial score (nSPS) is 15.8. The van der Waals surface area contributed by atoms with Gasteiger partial charge in [0.15, 0.2) is 0 Å². The van der Waals surface area contributed by atoms with Gasteiger partial charge in [0, 0.05) is 17.5 Å². The van der Waals surface area contributed by atoms with E-state index in [-0.39, 0.29) is 5.57 Å². The van der Waals surface area contributed by atoms with Crippen molar-refractivity contribution in [3.8, 4) is 0 Å². The van der Waals surface area contributed by atoms with Crippen LogP contribution >= 0.6 is 11.8 Å². The van der Waals surface area contributed by atoms with Crippen LogP contribution in [0.3, 0.4) is 0 Å². The molecule has 0 amide bonds. The molecular formula is C24H26F2N2S. The Morgan fingerprint density at radius 2 is 1.97 bits per heavy atom. The van der Waals surface area contributed by atoms with Crippen LogP contribution in [0.25, 0.3) is 12.2 Å². The third-order valence-electron chi connectivity index (χ3n) is 4.80. The Kier molecular flexibility index (Phi) is 7.26. The molecule has 2 aromatic rings. The molecule has 1 aliphatic carbocycles. The smallest absolute Gasteiger partial charge is 0.127 e. The van der Waals surface area contributed by atoms with Crippen LogP contribution in [0.15, 0.2) is 65.1 Å². The van der Waals surface area contributed by atoms with E-state index in [0.29, 0.717) is 12.2 Å². The van der Waals surface area contributed by atoms with Gasteiger partial charge in [0.2, 0.25) is 0 Å². The first-order valence-electron chi connectivity index (χ1n) is 9.83. The molecule has 1 aliphatic rings. The Morgan fingerprint density at radius 3 is 2.62 bits per heavy atom. The van der Waals surface area contributed by atoms with Gasteiger partial charge in [0.1, 0.15) is 11.7 Å². The van der Waals surface area contributed by atoms with E-state index in [0.717, 1.165) is 40.4 Å². The molecule has 2 nitrogen and oxygen atoms in total. The molecule has 1 aromatic heterocycles. The highest BCUT2D eigenvalue weighted by Gasteiger charge is 2.23. The molecule has 1 aromatic carbocycles. The number of allylic oxidation sites excluding steroid dienone is 4. The first-order chi connectivity index (χ1) is 14.0. The number of hydrogen-bond donors (Lipinski definition) is 0. The summed E-state index contributed by atoms with van der Waals surface area (Å²) in [5.74, 6) is 0.241. The van der Waals surface area contributed by atoms with Crippen LogP contribution in [0.4, 0.5) is 8.78 Å². The van der Waals surface area contributed by atoms with E-state index in [9.17, 15) is 8.78 Å². The summed E-state index contributed by atoms with van der Waals surface area (Å²) < 4.78 is 30.3. The lowest BCUT2D eigenvalue weighted by Gasteiger charge is -2.17. The number of aromatic nitrogens is 2. The maximum absolute atomic E-state index is 14.3. The van der Waals surface area contributed by atoms with Gasteiger partial charge in [-0.2, -0.15) is 0 Å². The fourth-order valence-corrected chi connectivity index (χ4v) is 4.38. The molecule has 3 rings (SSSR count). The maximum atomic E-state index is 14.3. The van der Waals surface area contributed by atoms with E-state index in [1.54, 1.807) is 6.08 Å². The number of fused-ring (bicyclic) bond motifs is 1. The molecule has 0 fully saturated rings. The molecule has 0 saturated carbocycles. The van der Waals surface area contributed by atoms with Crippen molar-refractivity contribution in [1.82, 2.24) is 9.55 Å². The zero-order valence-electron chi connectivity index (χ0n) is 17.0. The quantitative estimate of drug-likeness (QED) is 0.436. The number of aryl methyl sites for hydroxylation is 1. The van der Waals surface area contributed by atoms with Crippen LogP contribution in [-0.4, -0.2) is 9.55 Å². The summed E-state index contributed by atoms with van der Waals surface area (Å²) in [4.78, 5) is 5.76. The molecular weight excluding hydrogens is 386 g/mol. The second-order valence-corrected chi connectivity index (χ2v) is 8.22. The molecule has 29 heavy (non-hydrogen) atoms. The zero-order valence-corrected chi connectivity index (χ0v) is 17.8. The molecule has 0 saturated heterocycles. The minimum Gasteiger partial charge on any atom is -0.330 e. The third kappa shape index (κ3) is 5.15. The zero-order chi connectivity index (χ0) is 20.8. The molecule has 1 atom stereocenters. The van der Waals surface area contributed by atoms with Gasteiger partial charge in [-0.15, -0.1) is 11.8 Å². The minimum atomic E-state index is -0.471. The SMILES string of the molecule is CC\C=C/C(F)=C\C(=C\F)C(Sc1ccc(C)cc1)c1nc2c(n1C)=CCCC=2. The van der Waals surface area contributed by atoms with Crippen molar-refractivity contribution in [3.05, 3.63) is 82.3 Å². The Balaban J connectivity index is 2.08. The second-order valence-electron chi connectivity index (χ2n) is 7.04. The van der Waals surface area contributed by atoms with Gasteiger partial charge in [0.25, 0.3) is 0 Å². The van der Waals surface area contributed by atoms with Crippen LogP contribution in [0, 0.1) is 6.92 Å². The number of benzene rings is 1. The number of thioether (sulfide) groups is 1. The standard InChI is InChI=1S/C24H26F2N2S/c1-4-5-8-19(26)15-18(16-25)23(29-20-13-11-17(2)12-14-20)24-27-21-9-6-7-10-22(21)28(24)3/h5,8-16,23H,4,6-7H2,1-3H3/b8-5-,18-16-,19-15+. The number of nitrogens with zero attached hydrogens (tertiary/aromatic N) is 2. The van der Waals surface area contributed by atoms with Crippen LogP contribution in [0.5, 0.6) is 0 Å². The number of imidazole rings is 1. The molecule has 0 spiro atoms. The largest absolute Gasteiger partial charge is 0.330 e. The number of halogens is 2. The summed E-state index contributed by atoms with van der Waals surface area (Å²) in [5.41, 5.74) is 1.40. The van der Waals surface area contributed by atoms with Crippen molar-refractivity contribution < 1.29 is 8.78 Å². The molecule has 0 N–H and O–H groups in total. The first-order valence-corrected chi connectivity index (χ1v) is 10.7. The van der Waals surface area contributed by atoms with Gasteiger partial charge < -0.3 is 4.57 Å². The second kappa shape index (κ2) is 9.88. The van der Waals surface area contributed by atoms with E-state index in [2.05, 4.69) is 12.2 Å². The van der Waals surface area contributed by atoms with Crippen LogP contribution in [0.1, 0.15) is 42.8 Å². The van der Waals surface area contributed by atoms with Gasteiger partial charge in [-0.25, -0.2) is 13.8 Å². The van der Waals surface area contributed by atoms with Crippen molar-refractivity contribution in [2.24, 2.45) is 7.05 Å². The molecule has 1 heterocycles. The Bertz CT molecular complexity index is 1060. The predicted molar refractivity (Wildman–Crippen MR) is 118 cm³/mol. The lowest BCUT2D eigenvalue weighted by atomic mass is 10.1. The van der Waals surface area contributed by atoms with E-state index >= 15 is 0 Å². The van der Waals surface area contributed by atoms with Crippen LogP contribution < -0.4 is 10.7 Å². The Hall–Kier alpha value is -2.40. The summed E-state index contributed by atoms with van der Waals surface area (Å²) in [6.45, 7) is 3.95. The van der Waals surface area contributed by atoms with Gasteiger partial charge in [-0.3, -0.25) is 0 Å². The van der Waals surface area contributed by atoms with Crippen LogP contribution in [-0.2, 0) is 7.05 Å². The highest BCUT2D eigenvalue weighted by molar-refractivity contribution is 7.99. The fraction of sp³-hybridized carbons (Fsp3) is 0.292. The van der Waals surface area contributed by atoms with Crippen molar-refractivity contribution in [1.29, 1.82) is 0 Å². The summed E-state index contributed by atoms with van der Waals surface area (Å²) in [6, 6.07) is 8.04. The Morgan fingerprint density at radius 1 is 1.24 bits per heavy atom. The van der Waals surface area contributed by atoms with Gasteiger partial charge in [-0.05, 0) is 50.5 Å². The van der Waals surface area contributed by atoms with Crippen LogP contribution in [0.2, 0.25) is 0 Å². The maximum Gasteiger partial charge on any atom is 0.127 e. The van der Waals surface area contributed by atoms with Crippen molar-refractivity contribution in [2.75, 3.05) is 0 Å². The predicted octanol–water partition coefficient (Wildman–Crippen LogP) is 5.59. The van der Waals surface area contributed by atoms with E-state index in [4.69, 9.17) is 4.98 Å². The first kappa shape index (κ1) is 21.3. The average Bonchev–Trinajstić information content (AvgIpc) is 3.07. The highest BCUT2D eigenvalue weighted by Crippen LogP contribution is 2.40. The third-order valence-corrected chi connectivity index (χ3v) is 6.06. The molecule has 152 valence electrons. The van der Waals surface area contributed by atoms with Crippen molar-refractivity contribution in [3.63, 3.8) is 0 Å². The average molecular weight is 413 g/mol. The molecule has 5 heteroatoms. The topological polar surface area (TPSA) is 17.8 Å². The van der Waals surface area contributed by atoms with Crippen molar-refractivity contribution >= 4 is 23.9 Å². The molecule has 0 bridgehead atoms. The fourth-order valence-electron chi connectivity index (χ4n) is 3.24.